The van der Waals surface area contributed by atoms with Crippen molar-refractivity contribution in [2.75, 3.05) is 26.4 Å². The summed E-state index contributed by atoms with van der Waals surface area (Å²) in [6, 6.07) is 26.2. The van der Waals surface area contributed by atoms with E-state index in [1.54, 1.807) is 72.8 Å². The van der Waals surface area contributed by atoms with Crippen LogP contribution in [0.4, 0.5) is 0 Å². The lowest BCUT2D eigenvalue weighted by atomic mass is 10.1. The van der Waals surface area contributed by atoms with E-state index in [9.17, 15) is 18.0 Å². The second-order valence-corrected chi connectivity index (χ2v) is 10.9. The molecule has 0 spiro atoms. The molecular weight excluding hydrogens is 544 g/mol. The van der Waals surface area contributed by atoms with Gasteiger partial charge in [-0.05, 0) is 86.6 Å². The van der Waals surface area contributed by atoms with Crippen LogP contribution in [-0.2, 0) is 9.84 Å². The summed E-state index contributed by atoms with van der Waals surface area (Å²) in [5.74, 6) is 1.79. The summed E-state index contributed by atoms with van der Waals surface area (Å²) in [7, 11) is -3.75. The molecule has 0 atom stereocenters. The zero-order valence-electron chi connectivity index (χ0n) is 22.7. The molecule has 0 heterocycles. The fraction of sp³-hybridized carbons (Fsp3) is 0.188. The molecule has 41 heavy (non-hydrogen) atoms. The molecule has 9 heteroatoms. The molecule has 4 aromatic carbocycles. The minimum Gasteiger partial charge on any atom is -0.490 e. The second kappa shape index (κ2) is 13.6. The molecule has 0 N–H and O–H groups in total. The van der Waals surface area contributed by atoms with Crippen molar-refractivity contribution in [3.05, 3.63) is 108 Å². The number of benzene rings is 4. The van der Waals surface area contributed by atoms with Crippen molar-refractivity contribution in [3.8, 4) is 23.0 Å². The number of para-hydroxylation sites is 2. The van der Waals surface area contributed by atoms with Crippen LogP contribution in [0.1, 0.15) is 34.6 Å². The molecule has 0 saturated heterocycles. The summed E-state index contributed by atoms with van der Waals surface area (Å²) in [4.78, 5) is 23.6. The number of sulfone groups is 1. The first-order valence-corrected chi connectivity index (χ1v) is 14.4. The van der Waals surface area contributed by atoms with E-state index in [1.807, 2.05) is 0 Å². The van der Waals surface area contributed by atoms with E-state index >= 15 is 0 Å². The topological polar surface area (TPSA) is 105 Å². The Labute approximate surface area is 239 Å². The maximum atomic E-state index is 13.1. The van der Waals surface area contributed by atoms with Gasteiger partial charge in [0.25, 0.3) is 0 Å². The minimum absolute atomic E-state index is 0.0842. The molecule has 0 aliphatic carbocycles. The van der Waals surface area contributed by atoms with Crippen LogP contribution in [0.5, 0.6) is 23.0 Å². The lowest BCUT2D eigenvalue weighted by Gasteiger charge is -2.12. The molecule has 0 unspecified atom stereocenters. The summed E-state index contributed by atoms with van der Waals surface area (Å²) in [5.41, 5.74) is 1.01. The smallest absolute Gasteiger partial charge is 0.206 e. The van der Waals surface area contributed by atoms with Gasteiger partial charge in [0.2, 0.25) is 9.84 Å². The van der Waals surface area contributed by atoms with Crippen LogP contribution in [-0.4, -0.2) is 46.4 Å². The SMILES string of the molecule is CC(=O)c1ccccc1OCCOc1ccc(S(=O)(=O)c2ccc(OCCOc3ccccc3C(C)=O)cc2)cc1. The Morgan fingerprint density at radius 2 is 0.854 bits per heavy atom. The number of Topliss-reactive ketones (excluding diaryl/α,β-unsaturated/α-hetero) is 2. The monoisotopic (exact) mass is 574 g/mol. The Balaban J connectivity index is 1.26. The van der Waals surface area contributed by atoms with E-state index in [4.69, 9.17) is 18.9 Å². The van der Waals surface area contributed by atoms with Crippen LogP contribution >= 0.6 is 0 Å². The molecule has 0 aromatic heterocycles. The van der Waals surface area contributed by atoms with Crippen molar-refractivity contribution in [1.29, 1.82) is 0 Å². The van der Waals surface area contributed by atoms with E-state index in [1.165, 1.54) is 38.1 Å². The van der Waals surface area contributed by atoms with Crippen molar-refractivity contribution >= 4 is 21.4 Å². The number of carbonyl (C=O) groups excluding carboxylic acids is 2. The molecule has 0 saturated carbocycles. The first-order chi connectivity index (χ1) is 19.8. The van der Waals surface area contributed by atoms with Gasteiger partial charge in [0, 0.05) is 0 Å². The summed E-state index contributed by atoms with van der Waals surface area (Å²) < 4.78 is 48.8. The van der Waals surface area contributed by atoms with Crippen molar-refractivity contribution in [1.82, 2.24) is 0 Å². The summed E-state index contributed by atoms with van der Waals surface area (Å²) in [6.07, 6.45) is 0. The van der Waals surface area contributed by atoms with Gasteiger partial charge in [-0.3, -0.25) is 9.59 Å². The molecule has 0 bridgehead atoms. The highest BCUT2D eigenvalue weighted by atomic mass is 32.2. The van der Waals surface area contributed by atoms with Crippen molar-refractivity contribution in [2.45, 2.75) is 23.6 Å². The number of hydrogen-bond acceptors (Lipinski definition) is 8. The van der Waals surface area contributed by atoms with Gasteiger partial charge in [0.1, 0.15) is 49.4 Å². The third-order valence-electron chi connectivity index (χ3n) is 6.02. The van der Waals surface area contributed by atoms with Crippen molar-refractivity contribution in [3.63, 3.8) is 0 Å². The van der Waals surface area contributed by atoms with Gasteiger partial charge in [-0.25, -0.2) is 8.42 Å². The van der Waals surface area contributed by atoms with Gasteiger partial charge in [-0.15, -0.1) is 0 Å². The van der Waals surface area contributed by atoms with Crippen LogP contribution < -0.4 is 18.9 Å². The predicted molar refractivity (Wildman–Crippen MR) is 153 cm³/mol. The van der Waals surface area contributed by atoms with Gasteiger partial charge in [-0.1, -0.05) is 24.3 Å². The largest absolute Gasteiger partial charge is 0.490 e. The van der Waals surface area contributed by atoms with E-state index < -0.39 is 9.84 Å². The van der Waals surface area contributed by atoms with Crippen LogP contribution in [0.2, 0.25) is 0 Å². The molecule has 0 radical (unpaired) electrons. The van der Waals surface area contributed by atoms with Gasteiger partial charge >= 0.3 is 0 Å². The number of carbonyl (C=O) groups is 2. The molecule has 212 valence electrons. The Hall–Kier alpha value is -4.63. The number of hydrogen-bond donors (Lipinski definition) is 0. The highest BCUT2D eigenvalue weighted by molar-refractivity contribution is 7.91. The summed E-state index contributed by atoms with van der Waals surface area (Å²) >= 11 is 0. The third kappa shape index (κ3) is 7.73. The van der Waals surface area contributed by atoms with Gasteiger partial charge < -0.3 is 18.9 Å². The predicted octanol–water partition coefficient (Wildman–Crippen LogP) is 5.84. The number of rotatable bonds is 14. The van der Waals surface area contributed by atoms with E-state index in [-0.39, 0.29) is 47.8 Å². The van der Waals surface area contributed by atoms with Crippen molar-refractivity contribution < 1.29 is 37.0 Å². The molecular formula is C32H30O8S. The maximum absolute atomic E-state index is 13.1. The standard InChI is InChI=1S/C32H30O8S/c1-23(33)29-7-3-5-9-31(29)39-21-19-37-25-11-15-27(16-12-25)41(35,36)28-17-13-26(14-18-28)38-20-22-40-32-10-6-4-8-30(32)24(2)34/h3-18H,19-22H2,1-2H3. The first kappa shape index (κ1) is 29.4. The Morgan fingerprint density at radius 3 is 1.22 bits per heavy atom. The molecule has 4 rings (SSSR count). The summed E-state index contributed by atoms with van der Waals surface area (Å²) in [6.45, 7) is 3.83. The molecule has 8 nitrogen and oxygen atoms in total. The Kier molecular flexibility index (Phi) is 9.76. The molecule has 0 aliphatic rings. The zero-order valence-corrected chi connectivity index (χ0v) is 23.6. The normalized spacial score (nSPS) is 11.0. The lowest BCUT2D eigenvalue weighted by Crippen LogP contribution is -2.11. The highest BCUT2D eigenvalue weighted by Crippen LogP contribution is 2.25. The van der Waals surface area contributed by atoms with Crippen LogP contribution in [0.25, 0.3) is 0 Å². The zero-order chi connectivity index (χ0) is 29.2. The van der Waals surface area contributed by atoms with E-state index in [2.05, 4.69) is 0 Å². The molecule has 0 aliphatic heterocycles. The fourth-order valence-corrected chi connectivity index (χ4v) is 5.22. The fourth-order valence-electron chi connectivity index (χ4n) is 3.96. The summed E-state index contributed by atoms with van der Waals surface area (Å²) in [5, 5.41) is 0. The lowest BCUT2D eigenvalue weighted by molar-refractivity contribution is 0.0999. The number of ether oxygens (including phenoxy) is 4. The van der Waals surface area contributed by atoms with Gasteiger partial charge in [0.15, 0.2) is 11.6 Å². The molecule has 0 fully saturated rings. The average Bonchev–Trinajstić information content (AvgIpc) is 2.98. The van der Waals surface area contributed by atoms with Gasteiger partial charge in [-0.2, -0.15) is 0 Å². The Morgan fingerprint density at radius 1 is 0.512 bits per heavy atom. The maximum Gasteiger partial charge on any atom is 0.206 e. The van der Waals surface area contributed by atoms with Gasteiger partial charge in [0.05, 0.1) is 20.9 Å². The Bertz CT molecular complexity index is 1480. The van der Waals surface area contributed by atoms with Crippen LogP contribution in [0, 0.1) is 0 Å². The molecule has 0 amide bonds. The molecule has 4 aromatic rings. The first-order valence-electron chi connectivity index (χ1n) is 12.9. The number of ketones is 2. The highest BCUT2D eigenvalue weighted by Gasteiger charge is 2.18. The van der Waals surface area contributed by atoms with Crippen LogP contribution in [0.15, 0.2) is 107 Å². The third-order valence-corrected chi connectivity index (χ3v) is 7.81. The second-order valence-electron chi connectivity index (χ2n) is 8.94. The van der Waals surface area contributed by atoms with E-state index in [0.29, 0.717) is 34.1 Å². The van der Waals surface area contributed by atoms with Crippen molar-refractivity contribution in [2.24, 2.45) is 0 Å². The minimum atomic E-state index is -3.75. The average molecular weight is 575 g/mol. The van der Waals surface area contributed by atoms with E-state index in [0.717, 1.165) is 0 Å². The quantitative estimate of drug-likeness (QED) is 0.137. The van der Waals surface area contributed by atoms with Crippen LogP contribution in [0.3, 0.4) is 0 Å².